The van der Waals surface area contributed by atoms with Gasteiger partial charge in [0.1, 0.15) is 22.4 Å². The summed E-state index contributed by atoms with van der Waals surface area (Å²) in [6, 6.07) is 3.15. The molecule has 19 heavy (non-hydrogen) atoms. The standard InChI is InChI=1S/C12H12F2N4S/c1-6-10(11(15)19)12(18(2)17-6)16-9-4-7(13)3-8(14)5-9/h3-5,16H,1-2H3,(H2,15,19). The van der Waals surface area contributed by atoms with Gasteiger partial charge >= 0.3 is 0 Å². The van der Waals surface area contributed by atoms with Crippen molar-refractivity contribution < 1.29 is 8.78 Å². The minimum atomic E-state index is -0.668. The molecule has 1 heterocycles. The Kier molecular flexibility index (Phi) is 3.48. The van der Waals surface area contributed by atoms with Crippen LogP contribution in [0.25, 0.3) is 0 Å². The van der Waals surface area contributed by atoms with Gasteiger partial charge in [0.15, 0.2) is 0 Å². The maximum Gasteiger partial charge on any atom is 0.138 e. The Morgan fingerprint density at radius 3 is 2.42 bits per heavy atom. The van der Waals surface area contributed by atoms with Crippen molar-refractivity contribution in [1.29, 1.82) is 0 Å². The van der Waals surface area contributed by atoms with Crippen LogP contribution in [-0.2, 0) is 7.05 Å². The molecule has 0 radical (unpaired) electrons. The predicted molar refractivity (Wildman–Crippen MR) is 73.5 cm³/mol. The summed E-state index contributed by atoms with van der Waals surface area (Å²) in [5, 5.41) is 7.05. The van der Waals surface area contributed by atoms with Crippen LogP contribution in [0, 0.1) is 18.6 Å². The number of rotatable bonds is 3. The summed E-state index contributed by atoms with van der Waals surface area (Å²) < 4.78 is 27.8. The van der Waals surface area contributed by atoms with Crippen LogP contribution in [0.1, 0.15) is 11.3 Å². The first-order chi connectivity index (χ1) is 8.88. The monoisotopic (exact) mass is 282 g/mol. The van der Waals surface area contributed by atoms with E-state index in [1.807, 2.05) is 0 Å². The van der Waals surface area contributed by atoms with Gasteiger partial charge in [0, 0.05) is 18.8 Å². The second-order valence-corrected chi connectivity index (χ2v) is 4.52. The molecule has 2 rings (SSSR count). The number of benzene rings is 1. The molecule has 1 aromatic heterocycles. The highest BCUT2D eigenvalue weighted by molar-refractivity contribution is 7.80. The van der Waals surface area contributed by atoms with Gasteiger partial charge in [0.2, 0.25) is 0 Å². The third-order valence-corrected chi connectivity index (χ3v) is 2.80. The van der Waals surface area contributed by atoms with Crippen LogP contribution < -0.4 is 11.1 Å². The fraction of sp³-hybridized carbons (Fsp3) is 0.167. The highest BCUT2D eigenvalue weighted by Crippen LogP contribution is 2.24. The van der Waals surface area contributed by atoms with Crippen LogP contribution in [0.15, 0.2) is 18.2 Å². The molecule has 0 saturated carbocycles. The van der Waals surface area contributed by atoms with Crippen LogP contribution in [0.4, 0.5) is 20.3 Å². The number of nitrogens with two attached hydrogens (primary N) is 1. The van der Waals surface area contributed by atoms with Crippen LogP contribution in [0.2, 0.25) is 0 Å². The fourth-order valence-electron chi connectivity index (χ4n) is 1.86. The normalized spacial score (nSPS) is 10.5. The van der Waals surface area contributed by atoms with Crippen molar-refractivity contribution in [1.82, 2.24) is 9.78 Å². The lowest BCUT2D eigenvalue weighted by Crippen LogP contribution is -2.13. The molecule has 0 aliphatic carbocycles. The maximum absolute atomic E-state index is 13.1. The number of thiocarbonyl (C=S) groups is 1. The van der Waals surface area contributed by atoms with Crippen molar-refractivity contribution >= 4 is 28.7 Å². The topological polar surface area (TPSA) is 55.9 Å². The average molecular weight is 282 g/mol. The number of hydrogen-bond acceptors (Lipinski definition) is 3. The number of hydrogen-bond donors (Lipinski definition) is 2. The average Bonchev–Trinajstić information content (AvgIpc) is 2.52. The van der Waals surface area contributed by atoms with Crippen LogP contribution in [-0.4, -0.2) is 14.8 Å². The van der Waals surface area contributed by atoms with Gasteiger partial charge in [0.05, 0.1) is 11.3 Å². The summed E-state index contributed by atoms with van der Waals surface area (Å²) >= 11 is 4.95. The Morgan fingerprint density at radius 2 is 1.89 bits per heavy atom. The lowest BCUT2D eigenvalue weighted by molar-refractivity contribution is 0.584. The second kappa shape index (κ2) is 4.93. The van der Waals surface area contributed by atoms with Crippen LogP contribution in [0.5, 0.6) is 0 Å². The van der Waals surface area contributed by atoms with E-state index in [4.69, 9.17) is 18.0 Å². The van der Waals surface area contributed by atoms with Crippen LogP contribution in [0.3, 0.4) is 0 Å². The van der Waals surface area contributed by atoms with Gasteiger partial charge in [-0.15, -0.1) is 0 Å². The number of anilines is 2. The van der Waals surface area contributed by atoms with Gasteiger partial charge in [-0.05, 0) is 19.1 Å². The van der Waals surface area contributed by atoms with E-state index in [0.717, 1.165) is 6.07 Å². The molecule has 7 heteroatoms. The van der Waals surface area contributed by atoms with Gasteiger partial charge in [-0.1, -0.05) is 12.2 Å². The van der Waals surface area contributed by atoms with E-state index in [1.54, 1.807) is 14.0 Å². The molecule has 0 fully saturated rings. The molecule has 0 aliphatic heterocycles. The summed E-state index contributed by atoms with van der Waals surface area (Å²) in [5.74, 6) is -0.841. The zero-order chi connectivity index (χ0) is 14.2. The van der Waals surface area contributed by atoms with Crippen molar-refractivity contribution in [2.75, 3.05) is 5.32 Å². The van der Waals surface area contributed by atoms with E-state index >= 15 is 0 Å². The van der Waals surface area contributed by atoms with Gasteiger partial charge < -0.3 is 11.1 Å². The first-order valence-electron chi connectivity index (χ1n) is 5.45. The highest BCUT2D eigenvalue weighted by atomic mass is 32.1. The van der Waals surface area contributed by atoms with E-state index in [1.165, 1.54) is 16.8 Å². The summed E-state index contributed by atoms with van der Waals surface area (Å²) in [7, 11) is 1.69. The molecule has 3 N–H and O–H groups in total. The Morgan fingerprint density at radius 1 is 1.32 bits per heavy atom. The molecular formula is C12H12F2N4S. The van der Waals surface area contributed by atoms with Gasteiger partial charge in [0.25, 0.3) is 0 Å². The Labute approximate surface area is 114 Å². The largest absolute Gasteiger partial charge is 0.389 e. The number of aryl methyl sites for hydroxylation is 2. The van der Waals surface area contributed by atoms with Crippen molar-refractivity contribution in [3.8, 4) is 0 Å². The quantitative estimate of drug-likeness (QED) is 0.849. The lowest BCUT2D eigenvalue weighted by atomic mass is 10.2. The van der Waals surface area contributed by atoms with E-state index in [-0.39, 0.29) is 10.7 Å². The minimum Gasteiger partial charge on any atom is -0.389 e. The molecule has 100 valence electrons. The summed E-state index contributed by atoms with van der Waals surface area (Å²) in [6.45, 7) is 1.76. The molecule has 0 unspecified atom stereocenters. The summed E-state index contributed by atoms with van der Waals surface area (Å²) in [4.78, 5) is 0.171. The zero-order valence-corrected chi connectivity index (χ0v) is 11.2. The van der Waals surface area contributed by atoms with Gasteiger partial charge in [-0.25, -0.2) is 8.78 Å². The number of halogens is 2. The van der Waals surface area contributed by atoms with Crippen LogP contribution >= 0.6 is 12.2 Å². The SMILES string of the molecule is Cc1nn(C)c(Nc2cc(F)cc(F)c2)c1C(N)=S. The first kappa shape index (κ1) is 13.4. The van der Waals surface area contributed by atoms with Crippen molar-refractivity contribution in [2.45, 2.75) is 6.92 Å². The first-order valence-corrected chi connectivity index (χ1v) is 5.86. The van der Waals surface area contributed by atoms with E-state index < -0.39 is 11.6 Å². The number of nitrogens with one attached hydrogen (secondary N) is 1. The van der Waals surface area contributed by atoms with Gasteiger partial charge in [-0.3, -0.25) is 4.68 Å². The van der Waals surface area contributed by atoms with Gasteiger partial charge in [-0.2, -0.15) is 5.10 Å². The molecule has 0 spiro atoms. The second-order valence-electron chi connectivity index (χ2n) is 4.08. The summed E-state index contributed by atoms with van der Waals surface area (Å²) in [5.41, 5.74) is 7.10. The smallest absolute Gasteiger partial charge is 0.138 e. The lowest BCUT2D eigenvalue weighted by Gasteiger charge is -2.09. The van der Waals surface area contributed by atoms with Crippen molar-refractivity contribution in [3.63, 3.8) is 0 Å². The van der Waals surface area contributed by atoms with E-state index in [2.05, 4.69) is 10.4 Å². The Balaban J connectivity index is 2.46. The third-order valence-electron chi connectivity index (χ3n) is 2.59. The zero-order valence-electron chi connectivity index (χ0n) is 10.4. The summed E-state index contributed by atoms with van der Waals surface area (Å²) in [6.07, 6.45) is 0. The molecule has 0 aliphatic rings. The van der Waals surface area contributed by atoms with E-state index in [9.17, 15) is 8.78 Å². The van der Waals surface area contributed by atoms with Crippen molar-refractivity contribution in [2.24, 2.45) is 12.8 Å². The predicted octanol–water partition coefficient (Wildman–Crippen LogP) is 2.38. The highest BCUT2D eigenvalue weighted by Gasteiger charge is 2.16. The molecule has 0 atom stereocenters. The maximum atomic E-state index is 13.1. The molecule has 0 bridgehead atoms. The Hall–Kier alpha value is -2.02. The minimum absolute atomic E-state index is 0.171. The number of aromatic nitrogens is 2. The fourth-order valence-corrected chi connectivity index (χ4v) is 2.10. The van der Waals surface area contributed by atoms with Crippen molar-refractivity contribution in [3.05, 3.63) is 41.1 Å². The third kappa shape index (κ3) is 2.70. The Bertz CT molecular complexity index is 631. The van der Waals surface area contributed by atoms with E-state index in [0.29, 0.717) is 17.1 Å². The molecule has 0 amide bonds. The number of nitrogens with zero attached hydrogens (tertiary/aromatic N) is 2. The molecule has 4 nitrogen and oxygen atoms in total. The molecule has 1 aromatic carbocycles. The molecule has 2 aromatic rings. The molecule has 0 saturated heterocycles. The molecular weight excluding hydrogens is 270 g/mol.